The van der Waals surface area contributed by atoms with Gasteiger partial charge in [-0.2, -0.15) is 0 Å². The minimum Gasteiger partial charge on any atom is -0.495 e. The molecule has 0 heterocycles. The maximum atomic E-state index is 6.03. The molecule has 0 unspecified atom stereocenters. The van der Waals surface area contributed by atoms with Crippen LogP contribution in [0.1, 0.15) is 32.8 Å². The zero-order chi connectivity index (χ0) is 13.8. The second-order valence-electron chi connectivity index (χ2n) is 5.52. The number of aryl methyl sites for hydroxylation is 1. The Kier molecular flexibility index (Phi) is 5.03. The van der Waals surface area contributed by atoms with Crippen LogP contribution in [0.15, 0.2) is 18.2 Å². The summed E-state index contributed by atoms with van der Waals surface area (Å²) in [6.07, 6.45) is 1.98. The number of methoxy groups -OCH3 is 1. The van der Waals surface area contributed by atoms with Crippen LogP contribution in [0.3, 0.4) is 0 Å². The largest absolute Gasteiger partial charge is 0.495 e. The molecule has 0 aliphatic carbocycles. The van der Waals surface area contributed by atoms with Gasteiger partial charge in [-0.3, -0.25) is 0 Å². The molecule has 0 saturated heterocycles. The van der Waals surface area contributed by atoms with Gasteiger partial charge in [0.25, 0.3) is 0 Å². The van der Waals surface area contributed by atoms with Crippen molar-refractivity contribution < 1.29 is 4.74 Å². The minimum atomic E-state index is -0.135. The summed E-state index contributed by atoms with van der Waals surface area (Å²) in [6.45, 7) is 7.20. The van der Waals surface area contributed by atoms with Crippen LogP contribution >= 0.6 is 0 Å². The van der Waals surface area contributed by atoms with Gasteiger partial charge in [0.1, 0.15) is 5.75 Å². The zero-order valence-electron chi connectivity index (χ0n) is 12.3. The molecule has 2 N–H and O–H groups in total. The van der Waals surface area contributed by atoms with E-state index in [1.54, 1.807) is 7.11 Å². The summed E-state index contributed by atoms with van der Waals surface area (Å²) in [5.41, 5.74) is 8.36. The van der Waals surface area contributed by atoms with Crippen molar-refractivity contribution in [2.75, 3.05) is 25.6 Å². The van der Waals surface area contributed by atoms with Crippen LogP contribution in [0.2, 0.25) is 0 Å². The van der Waals surface area contributed by atoms with Gasteiger partial charge >= 0.3 is 0 Å². The van der Waals surface area contributed by atoms with Crippen LogP contribution in [0, 0.1) is 0 Å². The third kappa shape index (κ3) is 4.22. The topological polar surface area (TPSA) is 38.5 Å². The van der Waals surface area contributed by atoms with Crippen LogP contribution in [-0.4, -0.2) is 26.2 Å². The van der Waals surface area contributed by atoms with E-state index in [4.69, 9.17) is 10.5 Å². The smallest absolute Gasteiger partial charge is 0.142 e. The molecule has 0 aliphatic rings. The monoisotopic (exact) mass is 250 g/mol. The second kappa shape index (κ2) is 6.10. The molecule has 3 heteroatoms. The number of anilines is 1. The fourth-order valence-electron chi connectivity index (χ4n) is 1.83. The Bertz CT molecular complexity index is 383. The summed E-state index contributed by atoms with van der Waals surface area (Å²) < 4.78 is 5.42. The molecule has 1 aromatic carbocycles. The molecule has 18 heavy (non-hydrogen) atoms. The average molecular weight is 250 g/mol. The lowest BCUT2D eigenvalue weighted by molar-refractivity contribution is 0.413. The maximum Gasteiger partial charge on any atom is 0.142 e. The lowest BCUT2D eigenvalue weighted by Gasteiger charge is -2.26. The minimum absolute atomic E-state index is 0.135. The number of hydrogen-bond acceptors (Lipinski definition) is 3. The number of benzene rings is 1. The van der Waals surface area contributed by atoms with E-state index in [9.17, 15) is 0 Å². The Morgan fingerprint density at radius 3 is 2.50 bits per heavy atom. The van der Waals surface area contributed by atoms with E-state index in [1.807, 2.05) is 6.07 Å². The summed E-state index contributed by atoms with van der Waals surface area (Å²) in [7, 11) is 3.80. The number of nitrogens with two attached hydrogens (primary N) is 1. The molecular weight excluding hydrogens is 224 g/mol. The van der Waals surface area contributed by atoms with Crippen molar-refractivity contribution in [1.29, 1.82) is 0 Å². The number of ether oxygens (including phenoxy) is 1. The Balaban J connectivity index is 2.85. The molecular formula is C15H26N2O. The standard InChI is InChI=1S/C15H26N2O/c1-6-12-7-8-14(18-5)13(11-12)17(4)10-9-15(2,3)16/h7-8,11H,6,9-10,16H2,1-5H3. The van der Waals surface area contributed by atoms with Crippen LogP contribution in [0.25, 0.3) is 0 Å². The third-order valence-electron chi connectivity index (χ3n) is 3.15. The van der Waals surface area contributed by atoms with Crippen LogP contribution in [0.5, 0.6) is 5.75 Å². The summed E-state index contributed by atoms with van der Waals surface area (Å²) in [4.78, 5) is 2.21. The predicted octanol–water partition coefficient (Wildman–Crippen LogP) is 2.82. The van der Waals surface area contributed by atoms with E-state index in [2.05, 4.69) is 44.9 Å². The molecule has 0 amide bonds. The molecule has 0 spiro atoms. The molecule has 0 bridgehead atoms. The second-order valence-corrected chi connectivity index (χ2v) is 5.52. The molecule has 0 fully saturated rings. The summed E-state index contributed by atoms with van der Waals surface area (Å²) in [5, 5.41) is 0. The first-order valence-corrected chi connectivity index (χ1v) is 6.54. The van der Waals surface area contributed by atoms with Crippen molar-refractivity contribution in [2.24, 2.45) is 5.73 Å². The highest BCUT2D eigenvalue weighted by atomic mass is 16.5. The fourth-order valence-corrected chi connectivity index (χ4v) is 1.83. The van der Waals surface area contributed by atoms with Crippen molar-refractivity contribution in [3.05, 3.63) is 23.8 Å². The van der Waals surface area contributed by atoms with Gasteiger partial charge in [-0.25, -0.2) is 0 Å². The lowest BCUT2D eigenvalue weighted by atomic mass is 10.0. The van der Waals surface area contributed by atoms with E-state index in [1.165, 1.54) is 5.56 Å². The SMILES string of the molecule is CCc1ccc(OC)c(N(C)CCC(C)(C)N)c1. The van der Waals surface area contributed by atoms with Gasteiger partial charge in [0.05, 0.1) is 12.8 Å². The first-order chi connectivity index (χ1) is 8.37. The Morgan fingerprint density at radius 1 is 1.33 bits per heavy atom. The molecule has 0 atom stereocenters. The van der Waals surface area contributed by atoms with Crippen LogP contribution in [0.4, 0.5) is 5.69 Å². The number of hydrogen-bond donors (Lipinski definition) is 1. The summed E-state index contributed by atoms with van der Waals surface area (Å²) >= 11 is 0. The molecule has 0 saturated carbocycles. The van der Waals surface area contributed by atoms with Gasteiger partial charge in [0.15, 0.2) is 0 Å². The Labute approximate surface area is 111 Å². The average Bonchev–Trinajstić information content (AvgIpc) is 2.34. The van der Waals surface area contributed by atoms with E-state index in [-0.39, 0.29) is 5.54 Å². The molecule has 0 aliphatic heterocycles. The van der Waals surface area contributed by atoms with Gasteiger partial charge in [-0.1, -0.05) is 13.0 Å². The van der Waals surface area contributed by atoms with Crippen molar-refractivity contribution in [2.45, 2.75) is 39.2 Å². The highest BCUT2D eigenvalue weighted by Crippen LogP contribution is 2.29. The number of rotatable bonds is 6. The molecule has 1 rings (SSSR count). The zero-order valence-corrected chi connectivity index (χ0v) is 12.3. The molecule has 3 nitrogen and oxygen atoms in total. The van der Waals surface area contributed by atoms with Crippen molar-refractivity contribution in [3.63, 3.8) is 0 Å². The van der Waals surface area contributed by atoms with Crippen molar-refractivity contribution in [3.8, 4) is 5.75 Å². The predicted molar refractivity (Wildman–Crippen MR) is 78.5 cm³/mol. The first-order valence-electron chi connectivity index (χ1n) is 6.54. The van der Waals surface area contributed by atoms with E-state index < -0.39 is 0 Å². The Hall–Kier alpha value is -1.22. The molecule has 102 valence electrons. The normalized spacial score (nSPS) is 11.4. The van der Waals surface area contributed by atoms with Gasteiger partial charge in [0.2, 0.25) is 0 Å². The Morgan fingerprint density at radius 2 is 2.00 bits per heavy atom. The summed E-state index contributed by atoms with van der Waals surface area (Å²) in [5.74, 6) is 0.921. The van der Waals surface area contributed by atoms with Gasteiger partial charge in [-0.05, 0) is 44.4 Å². The van der Waals surface area contributed by atoms with E-state index in [0.717, 1.165) is 30.8 Å². The third-order valence-corrected chi connectivity index (χ3v) is 3.15. The number of nitrogens with zero attached hydrogens (tertiary/aromatic N) is 1. The maximum absolute atomic E-state index is 6.03. The molecule has 1 aromatic rings. The highest BCUT2D eigenvalue weighted by Gasteiger charge is 2.14. The van der Waals surface area contributed by atoms with Crippen LogP contribution in [-0.2, 0) is 6.42 Å². The van der Waals surface area contributed by atoms with Gasteiger partial charge in [-0.15, -0.1) is 0 Å². The summed E-state index contributed by atoms with van der Waals surface area (Å²) in [6, 6.07) is 6.35. The van der Waals surface area contributed by atoms with Crippen molar-refractivity contribution in [1.82, 2.24) is 0 Å². The van der Waals surface area contributed by atoms with Crippen LogP contribution < -0.4 is 15.4 Å². The first kappa shape index (κ1) is 14.8. The molecule has 0 radical (unpaired) electrons. The fraction of sp³-hybridized carbons (Fsp3) is 0.600. The van der Waals surface area contributed by atoms with Crippen molar-refractivity contribution >= 4 is 5.69 Å². The van der Waals surface area contributed by atoms with E-state index >= 15 is 0 Å². The van der Waals surface area contributed by atoms with Gasteiger partial charge in [0, 0.05) is 19.1 Å². The van der Waals surface area contributed by atoms with Gasteiger partial charge < -0.3 is 15.4 Å². The quantitative estimate of drug-likeness (QED) is 0.843. The highest BCUT2D eigenvalue weighted by molar-refractivity contribution is 5.59. The van der Waals surface area contributed by atoms with E-state index in [0.29, 0.717) is 0 Å². The lowest BCUT2D eigenvalue weighted by Crippen LogP contribution is -2.36. The molecule has 0 aromatic heterocycles.